The van der Waals surface area contributed by atoms with Crippen molar-refractivity contribution in [1.29, 1.82) is 0 Å². The van der Waals surface area contributed by atoms with Crippen LogP contribution in [0.5, 0.6) is 0 Å². The molecule has 0 rings (SSSR count). The van der Waals surface area contributed by atoms with Crippen molar-refractivity contribution in [2.45, 2.75) is 7.68 Å². The minimum Gasteiger partial charge on any atom is -0.152 e. The van der Waals surface area contributed by atoms with Gasteiger partial charge in [-0.2, -0.15) is 12.6 Å². The summed E-state index contributed by atoms with van der Waals surface area (Å²) >= 11 is 8.55. The average molecular weight is 314 g/mol. The van der Waals surface area contributed by atoms with E-state index in [1.54, 1.807) is 0 Å². The molecular formula is C2H4I2S. The topological polar surface area (TPSA) is 0 Å². The third-order valence-corrected chi connectivity index (χ3v) is 0. The number of thiol groups is 1. The molecule has 32 valence electrons. The van der Waals surface area contributed by atoms with Crippen LogP contribution < -0.4 is 0 Å². The van der Waals surface area contributed by atoms with E-state index >= 15 is 0 Å². The Morgan fingerprint density at radius 2 is 1.60 bits per heavy atom. The monoisotopic (exact) mass is 314 g/mol. The zero-order chi connectivity index (χ0) is 4.50. The highest BCUT2D eigenvalue weighted by atomic mass is 127. The van der Waals surface area contributed by atoms with Gasteiger partial charge in [-0.05, 0) is 6.92 Å². The summed E-state index contributed by atoms with van der Waals surface area (Å²) < 4.78 is 0.134. The second kappa shape index (κ2) is 2.20. The molecule has 0 aliphatic carbocycles. The Hall–Kier alpha value is 1.81. The molecule has 0 saturated carbocycles. The fraction of sp³-hybridized carbons (Fsp3) is 1.00. The lowest BCUT2D eigenvalue weighted by Crippen LogP contribution is -1.84. The van der Waals surface area contributed by atoms with E-state index in [9.17, 15) is 0 Å². The molecule has 0 N–H and O–H groups in total. The lowest BCUT2D eigenvalue weighted by Gasteiger charge is -1.98. The van der Waals surface area contributed by atoms with Crippen LogP contribution in [-0.2, 0) is 0 Å². The fourth-order valence-corrected chi connectivity index (χ4v) is 0. The second-order valence-electron chi connectivity index (χ2n) is 0.842. The molecule has 0 amide bonds. The van der Waals surface area contributed by atoms with E-state index in [1.807, 2.05) is 6.92 Å². The maximum Gasteiger partial charge on any atom is 0.113 e. The maximum atomic E-state index is 4.10. The normalized spacial score (nSPS) is 12.0. The van der Waals surface area contributed by atoms with Crippen LogP contribution in [0.3, 0.4) is 0 Å². The summed E-state index contributed by atoms with van der Waals surface area (Å²) in [5.41, 5.74) is 0. The Morgan fingerprint density at radius 1 is 1.60 bits per heavy atom. The Balaban J connectivity index is 3.02. The molecule has 0 heterocycles. The van der Waals surface area contributed by atoms with Crippen LogP contribution >= 0.6 is 57.8 Å². The van der Waals surface area contributed by atoms with Crippen molar-refractivity contribution in [1.82, 2.24) is 0 Å². The first kappa shape index (κ1) is 6.81. The van der Waals surface area contributed by atoms with Crippen LogP contribution in [0.15, 0.2) is 0 Å². The standard InChI is InChI=1S/C2H4I2S/c1-2(3,4)5/h5H,1H3. The Labute approximate surface area is 64.8 Å². The van der Waals surface area contributed by atoms with Gasteiger partial charge in [0.25, 0.3) is 0 Å². The summed E-state index contributed by atoms with van der Waals surface area (Å²) in [7, 11) is 0. The largest absolute Gasteiger partial charge is 0.152 e. The van der Waals surface area contributed by atoms with E-state index in [0.717, 1.165) is 0 Å². The highest BCUT2D eigenvalue weighted by molar-refractivity contribution is 14.2. The van der Waals surface area contributed by atoms with Crippen LogP contribution in [0.4, 0.5) is 0 Å². The summed E-state index contributed by atoms with van der Waals surface area (Å²) in [6.07, 6.45) is 0. The quantitative estimate of drug-likeness (QED) is 0.396. The first-order valence-corrected chi connectivity index (χ1v) is 3.71. The van der Waals surface area contributed by atoms with E-state index in [1.165, 1.54) is 0 Å². The predicted molar refractivity (Wildman–Crippen MR) is 45.4 cm³/mol. The number of halogens is 2. The molecular weight excluding hydrogens is 310 g/mol. The molecule has 0 spiro atoms. The molecule has 0 aromatic rings. The smallest absolute Gasteiger partial charge is 0.113 e. The highest BCUT2D eigenvalue weighted by Crippen LogP contribution is 2.29. The second-order valence-corrected chi connectivity index (χ2v) is 9.82. The zero-order valence-electron chi connectivity index (χ0n) is 2.70. The van der Waals surface area contributed by atoms with Crippen LogP contribution in [0.1, 0.15) is 6.92 Å². The number of rotatable bonds is 0. The molecule has 0 unspecified atom stereocenters. The third kappa shape index (κ3) is 25.7. The van der Waals surface area contributed by atoms with Crippen molar-refractivity contribution in [2.24, 2.45) is 0 Å². The fourth-order valence-electron chi connectivity index (χ4n) is 0. The average Bonchev–Trinajstić information content (AvgIpc) is 0.722. The maximum absolute atomic E-state index is 4.10. The minimum absolute atomic E-state index is 0.134. The number of hydrogen-bond acceptors (Lipinski definition) is 1. The first-order chi connectivity index (χ1) is 2.00. The van der Waals surface area contributed by atoms with Crippen molar-refractivity contribution in [3.05, 3.63) is 0 Å². The van der Waals surface area contributed by atoms with E-state index in [-0.39, 0.29) is 0.760 Å². The van der Waals surface area contributed by atoms with Crippen molar-refractivity contribution in [3.8, 4) is 0 Å². The lowest BCUT2D eigenvalue weighted by molar-refractivity contribution is 1.46. The molecule has 0 atom stereocenters. The summed E-state index contributed by atoms with van der Waals surface area (Å²) in [5, 5.41) is 0. The van der Waals surface area contributed by atoms with Crippen LogP contribution in [0, 0.1) is 0 Å². The van der Waals surface area contributed by atoms with Gasteiger partial charge in [0, 0.05) is 0 Å². The van der Waals surface area contributed by atoms with E-state index in [4.69, 9.17) is 0 Å². The van der Waals surface area contributed by atoms with Crippen molar-refractivity contribution in [3.63, 3.8) is 0 Å². The summed E-state index contributed by atoms with van der Waals surface area (Å²) in [6, 6.07) is 0. The molecule has 0 aliphatic rings. The van der Waals surface area contributed by atoms with Gasteiger partial charge in [0.2, 0.25) is 0 Å². The third-order valence-electron chi connectivity index (χ3n) is 0. The molecule has 0 nitrogen and oxygen atoms in total. The van der Waals surface area contributed by atoms with Gasteiger partial charge in [0.15, 0.2) is 0 Å². The summed E-state index contributed by atoms with van der Waals surface area (Å²) in [6.45, 7) is 2.03. The Bertz CT molecular complexity index is 23.1. The van der Waals surface area contributed by atoms with Crippen LogP contribution in [0.2, 0.25) is 0 Å². The van der Waals surface area contributed by atoms with E-state index < -0.39 is 0 Å². The van der Waals surface area contributed by atoms with Gasteiger partial charge in [0.05, 0.1) is 0 Å². The molecule has 0 aliphatic heterocycles. The molecule has 0 saturated heterocycles. The van der Waals surface area contributed by atoms with Gasteiger partial charge in [-0.15, -0.1) is 0 Å². The SMILES string of the molecule is CC(S)(I)I. The highest BCUT2D eigenvalue weighted by Gasteiger charge is 2.02. The molecule has 0 bridgehead atoms. The van der Waals surface area contributed by atoms with Crippen molar-refractivity contribution in [2.75, 3.05) is 0 Å². The molecule has 0 aromatic carbocycles. The molecule has 3 heteroatoms. The summed E-state index contributed by atoms with van der Waals surface area (Å²) in [5.74, 6) is 0. The number of alkyl halides is 2. The molecule has 0 aromatic heterocycles. The molecule has 5 heavy (non-hydrogen) atoms. The summed E-state index contributed by atoms with van der Waals surface area (Å²) in [4.78, 5) is 0. The van der Waals surface area contributed by atoms with Gasteiger partial charge < -0.3 is 0 Å². The first-order valence-electron chi connectivity index (χ1n) is 1.10. The van der Waals surface area contributed by atoms with Gasteiger partial charge in [-0.25, -0.2) is 0 Å². The zero-order valence-corrected chi connectivity index (χ0v) is 7.91. The van der Waals surface area contributed by atoms with E-state index in [0.29, 0.717) is 0 Å². The van der Waals surface area contributed by atoms with Gasteiger partial charge in [0.1, 0.15) is 0.760 Å². The van der Waals surface area contributed by atoms with Gasteiger partial charge >= 0.3 is 0 Å². The molecule has 0 radical (unpaired) electrons. The lowest BCUT2D eigenvalue weighted by atomic mass is 11.0. The number of hydrogen-bond donors (Lipinski definition) is 1. The molecule has 0 fully saturated rings. The van der Waals surface area contributed by atoms with Gasteiger partial charge in [-0.3, -0.25) is 0 Å². The minimum atomic E-state index is 0.134. The van der Waals surface area contributed by atoms with Gasteiger partial charge in [-0.1, -0.05) is 45.2 Å². The van der Waals surface area contributed by atoms with Crippen molar-refractivity contribution >= 4 is 57.8 Å². The predicted octanol–water partition coefficient (Wildman–Crippen LogP) is 2.46. The van der Waals surface area contributed by atoms with Crippen molar-refractivity contribution < 1.29 is 0 Å². The van der Waals surface area contributed by atoms with Crippen LogP contribution in [0.25, 0.3) is 0 Å². The Kier molecular flexibility index (Phi) is 3.00. The van der Waals surface area contributed by atoms with E-state index in [2.05, 4.69) is 57.8 Å². The van der Waals surface area contributed by atoms with Crippen LogP contribution in [-0.4, -0.2) is 0.760 Å². The Morgan fingerprint density at radius 3 is 1.60 bits per heavy atom.